The lowest BCUT2D eigenvalue weighted by Crippen LogP contribution is -2.40. The number of carbonyl (C=O) groups is 1. The van der Waals surface area contributed by atoms with Crippen LogP contribution < -0.4 is 5.32 Å². The fourth-order valence-electron chi connectivity index (χ4n) is 2.98. The van der Waals surface area contributed by atoms with Gasteiger partial charge in [0.25, 0.3) is 0 Å². The van der Waals surface area contributed by atoms with E-state index in [0.717, 1.165) is 25.2 Å². The number of nitrogens with zero attached hydrogens (tertiary/aromatic N) is 1. The Morgan fingerprint density at radius 3 is 2.55 bits per heavy atom. The number of halogens is 1. The molecule has 0 aliphatic carbocycles. The quantitative estimate of drug-likeness (QED) is 0.917. The molecule has 0 unspecified atom stereocenters. The molecule has 0 bridgehead atoms. The second-order valence-electron chi connectivity index (χ2n) is 5.84. The molecule has 0 aromatic heterocycles. The van der Waals surface area contributed by atoms with E-state index in [4.69, 9.17) is 0 Å². The normalized spacial score (nSPS) is 22.2. The SMILES string of the molecule is CC(=O)N(C[C@@H]1CNC[C@H]1c1ccc(F)cc1)C(C)C. The van der Waals surface area contributed by atoms with Gasteiger partial charge in [0.1, 0.15) is 5.82 Å². The van der Waals surface area contributed by atoms with E-state index in [2.05, 4.69) is 5.32 Å². The average Bonchev–Trinajstić information content (AvgIpc) is 2.84. The first kappa shape index (κ1) is 15.0. The van der Waals surface area contributed by atoms with Crippen molar-refractivity contribution in [2.45, 2.75) is 32.7 Å². The predicted octanol–water partition coefficient (Wildman–Crippen LogP) is 2.39. The van der Waals surface area contributed by atoms with Crippen LogP contribution in [0.2, 0.25) is 0 Å². The molecule has 2 rings (SSSR count). The van der Waals surface area contributed by atoms with E-state index in [1.807, 2.05) is 30.9 Å². The van der Waals surface area contributed by atoms with Crippen LogP contribution in [0.5, 0.6) is 0 Å². The van der Waals surface area contributed by atoms with Crippen molar-refractivity contribution in [3.8, 4) is 0 Å². The number of carbonyl (C=O) groups excluding carboxylic acids is 1. The monoisotopic (exact) mass is 278 g/mol. The van der Waals surface area contributed by atoms with E-state index in [1.165, 1.54) is 12.1 Å². The van der Waals surface area contributed by atoms with Crippen molar-refractivity contribution in [1.29, 1.82) is 0 Å². The molecule has 0 spiro atoms. The summed E-state index contributed by atoms with van der Waals surface area (Å²) in [7, 11) is 0. The fraction of sp³-hybridized carbons (Fsp3) is 0.562. The highest BCUT2D eigenvalue weighted by atomic mass is 19.1. The minimum absolute atomic E-state index is 0.116. The Kier molecular flexibility index (Phi) is 4.76. The van der Waals surface area contributed by atoms with Crippen LogP contribution in [0.4, 0.5) is 4.39 Å². The van der Waals surface area contributed by atoms with Crippen molar-refractivity contribution in [2.24, 2.45) is 5.92 Å². The van der Waals surface area contributed by atoms with Gasteiger partial charge in [0.15, 0.2) is 0 Å². The highest BCUT2D eigenvalue weighted by Crippen LogP contribution is 2.29. The van der Waals surface area contributed by atoms with Crippen molar-refractivity contribution in [2.75, 3.05) is 19.6 Å². The molecule has 1 aliphatic rings. The molecular formula is C16H23FN2O. The molecule has 1 aliphatic heterocycles. The standard InChI is InChI=1S/C16H23FN2O/c1-11(2)19(12(3)20)10-14-8-18-9-16(14)13-4-6-15(17)7-5-13/h4-7,11,14,16,18H,8-10H2,1-3H3/t14-,16-/m0/s1. The van der Waals surface area contributed by atoms with Crippen LogP contribution in [0.15, 0.2) is 24.3 Å². The van der Waals surface area contributed by atoms with Crippen LogP contribution in [0.3, 0.4) is 0 Å². The molecule has 3 nitrogen and oxygen atoms in total. The largest absolute Gasteiger partial charge is 0.340 e. The topological polar surface area (TPSA) is 32.3 Å². The van der Waals surface area contributed by atoms with Crippen LogP contribution in [0.1, 0.15) is 32.3 Å². The zero-order chi connectivity index (χ0) is 14.7. The molecule has 2 atom stereocenters. The highest BCUT2D eigenvalue weighted by molar-refractivity contribution is 5.73. The number of amides is 1. The van der Waals surface area contributed by atoms with E-state index in [0.29, 0.717) is 11.8 Å². The van der Waals surface area contributed by atoms with E-state index >= 15 is 0 Å². The lowest BCUT2D eigenvalue weighted by molar-refractivity contribution is -0.131. The second-order valence-corrected chi connectivity index (χ2v) is 5.84. The Bertz CT molecular complexity index is 458. The zero-order valence-corrected chi connectivity index (χ0v) is 12.4. The van der Waals surface area contributed by atoms with Gasteiger partial charge in [-0.3, -0.25) is 4.79 Å². The lowest BCUT2D eigenvalue weighted by atomic mass is 9.88. The van der Waals surface area contributed by atoms with Crippen molar-refractivity contribution < 1.29 is 9.18 Å². The van der Waals surface area contributed by atoms with E-state index in [-0.39, 0.29) is 17.8 Å². The maximum atomic E-state index is 13.0. The first-order valence-electron chi connectivity index (χ1n) is 7.22. The fourth-order valence-corrected chi connectivity index (χ4v) is 2.98. The van der Waals surface area contributed by atoms with Crippen molar-refractivity contribution >= 4 is 5.91 Å². The van der Waals surface area contributed by atoms with Crippen LogP contribution in [-0.2, 0) is 4.79 Å². The third-order valence-corrected chi connectivity index (χ3v) is 4.10. The Balaban J connectivity index is 2.11. The van der Waals surface area contributed by atoms with Gasteiger partial charge in [0, 0.05) is 38.5 Å². The number of nitrogens with one attached hydrogen (secondary N) is 1. The van der Waals surface area contributed by atoms with Crippen molar-refractivity contribution in [3.05, 3.63) is 35.6 Å². The van der Waals surface area contributed by atoms with E-state index in [1.54, 1.807) is 6.92 Å². The summed E-state index contributed by atoms with van der Waals surface area (Å²) >= 11 is 0. The molecule has 1 fully saturated rings. The van der Waals surface area contributed by atoms with Gasteiger partial charge in [0.2, 0.25) is 5.91 Å². The minimum Gasteiger partial charge on any atom is -0.340 e. The van der Waals surface area contributed by atoms with E-state index in [9.17, 15) is 9.18 Å². The Morgan fingerprint density at radius 2 is 2.00 bits per heavy atom. The van der Waals surface area contributed by atoms with Gasteiger partial charge in [-0.05, 0) is 37.5 Å². The predicted molar refractivity (Wildman–Crippen MR) is 78.0 cm³/mol. The molecule has 1 saturated heterocycles. The number of hydrogen-bond acceptors (Lipinski definition) is 2. The Hall–Kier alpha value is -1.42. The van der Waals surface area contributed by atoms with Gasteiger partial charge in [0.05, 0.1) is 0 Å². The lowest BCUT2D eigenvalue weighted by Gasteiger charge is -2.30. The second kappa shape index (κ2) is 6.35. The van der Waals surface area contributed by atoms with Gasteiger partial charge in [-0.2, -0.15) is 0 Å². The first-order valence-corrected chi connectivity index (χ1v) is 7.22. The van der Waals surface area contributed by atoms with Crippen LogP contribution in [0, 0.1) is 11.7 Å². The minimum atomic E-state index is -0.205. The molecule has 1 amide bonds. The molecule has 1 aromatic carbocycles. The molecule has 0 saturated carbocycles. The van der Waals surface area contributed by atoms with Crippen molar-refractivity contribution in [3.63, 3.8) is 0 Å². The summed E-state index contributed by atoms with van der Waals surface area (Å²) in [5.74, 6) is 0.636. The summed E-state index contributed by atoms with van der Waals surface area (Å²) in [6.07, 6.45) is 0. The van der Waals surface area contributed by atoms with Gasteiger partial charge in [-0.15, -0.1) is 0 Å². The first-order chi connectivity index (χ1) is 9.49. The summed E-state index contributed by atoms with van der Waals surface area (Å²) < 4.78 is 13.0. The molecule has 1 aromatic rings. The van der Waals surface area contributed by atoms with Crippen LogP contribution in [-0.4, -0.2) is 36.5 Å². The zero-order valence-electron chi connectivity index (χ0n) is 12.4. The van der Waals surface area contributed by atoms with Gasteiger partial charge < -0.3 is 10.2 Å². The van der Waals surface area contributed by atoms with Gasteiger partial charge in [-0.1, -0.05) is 12.1 Å². The molecule has 1 heterocycles. The molecule has 4 heteroatoms. The number of rotatable bonds is 4. The van der Waals surface area contributed by atoms with Crippen LogP contribution >= 0.6 is 0 Å². The molecule has 110 valence electrons. The Morgan fingerprint density at radius 1 is 1.35 bits per heavy atom. The van der Waals surface area contributed by atoms with Gasteiger partial charge >= 0.3 is 0 Å². The maximum Gasteiger partial charge on any atom is 0.219 e. The maximum absolute atomic E-state index is 13.0. The molecule has 1 N–H and O–H groups in total. The average molecular weight is 278 g/mol. The smallest absolute Gasteiger partial charge is 0.219 e. The Labute approximate surface area is 120 Å². The summed E-state index contributed by atoms with van der Waals surface area (Å²) in [5, 5.41) is 3.39. The third-order valence-electron chi connectivity index (χ3n) is 4.10. The summed E-state index contributed by atoms with van der Waals surface area (Å²) in [6.45, 7) is 8.24. The van der Waals surface area contributed by atoms with E-state index < -0.39 is 0 Å². The summed E-state index contributed by atoms with van der Waals surface area (Å²) in [4.78, 5) is 13.6. The van der Waals surface area contributed by atoms with Gasteiger partial charge in [-0.25, -0.2) is 4.39 Å². The molecule has 20 heavy (non-hydrogen) atoms. The number of benzene rings is 1. The summed E-state index contributed by atoms with van der Waals surface area (Å²) in [6, 6.07) is 6.94. The van der Waals surface area contributed by atoms with Crippen LogP contribution in [0.25, 0.3) is 0 Å². The third kappa shape index (κ3) is 3.37. The molecule has 0 radical (unpaired) electrons. The highest BCUT2D eigenvalue weighted by Gasteiger charge is 2.31. The van der Waals surface area contributed by atoms with Crippen molar-refractivity contribution in [1.82, 2.24) is 10.2 Å². The number of hydrogen-bond donors (Lipinski definition) is 1. The molecular weight excluding hydrogens is 255 g/mol. The summed E-state index contributed by atoms with van der Waals surface area (Å²) in [5.41, 5.74) is 1.15.